The summed E-state index contributed by atoms with van der Waals surface area (Å²) in [5.74, 6) is -2.92. The second kappa shape index (κ2) is 46.0. The molecule has 8 aliphatic rings. The number of nitrogens with one attached hydrogen (secondary N) is 8. The summed E-state index contributed by atoms with van der Waals surface area (Å²) in [6.07, 6.45) is 28.3. The van der Waals surface area contributed by atoms with Crippen LogP contribution in [-0.4, -0.2) is 286 Å². The number of aromatic nitrogens is 16. The number of aliphatic hydroxyl groups excluding tert-OH is 1. The lowest BCUT2D eigenvalue weighted by atomic mass is 10.0. The summed E-state index contributed by atoms with van der Waals surface area (Å²) in [7, 11) is 0. The molecule has 0 atom stereocenters. The number of morpholine rings is 3. The van der Waals surface area contributed by atoms with Crippen molar-refractivity contribution in [2.45, 2.75) is 102 Å². The van der Waals surface area contributed by atoms with Gasteiger partial charge in [0.05, 0.1) is 134 Å². The van der Waals surface area contributed by atoms with Crippen LogP contribution < -0.4 is 45.8 Å². The lowest BCUT2D eigenvalue weighted by Gasteiger charge is -2.31. The zero-order valence-electron chi connectivity index (χ0n) is 82.9. The van der Waals surface area contributed by atoms with E-state index in [-0.39, 0.29) is 66.9 Å². The number of fused-ring (bicyclic) bond motifs is 4. The molecule has 772 valence electrons. The molecule has 8 saturated heterocycles. The molecule has 20 heterocycles. The average molecular weight is 2030 g/mol. The van der Waals surface area contributed by atoms with Crippen molar-refractivity contribution < 1.29 is 56.1 Å². The number of H-pyrrole nitrogens is 4. The normalized spacial score (nSPS) is 17.2. The Bertz CT molecular complexity index is 7400. The van der Waals surface area contributed by atoms with Crippen molar-refractivity contribution in [2.24, 2.45) is 0 Å². The Morgan fingerprint density at radius 1 is 0.313 bits per heavy atom. The first-order valence-corrected chi connectivity index (χ1v) is 51.1. The van der Waals surface area contributed by atoms with Gasteiger partial charge < -0.3 is 65.1 Å². The molecule has 24 rings (SSSR count). The van der Waals surface area contributed by atoms with Crippen molar-refractivity contribution in [2.75, 3.05) is 190 Å². The van der Waals surface area contributed by atoms with Crippen molar-refractivity contribution in [1.82, 2.24) is 95.4 Å². The van der Waals surface area contributed by atoms with Crippen molar-refractivity contribution in [1.29, 1.82) is 0 Å². The smallest absolute Gasteiger partial charge is 0.276 e. The van der Waals surface area contributed by atoms with E-state index in [9.17, 15) is 41.8 Å². The maximum Gasteiger partial charge on any atom is 0.276 e. The molecule has 150 heavy (non-hydrogen) atoms. The third-order valence-electron chi connectivity index (χ3n) is 28.3. The van der Waals surface area contributed by atoms with Crippen LogP contribution in [0.2, 0.25) is 0 Å². The number of carbonyl (C=O) groups is 4. The fourth-order valence-electron chi connectivity index (χ4n) is 20.1. The van der Waals surface area contributed by atoms with Crippen molar-refractivity contribution in [3.63, 3.8) is 0 Å². The summed E-state index contributed by atoms with van der Waals surface area (Å²) in [4.78, 5) is 105. The van der Waals surface area contributed by atoms with E-state index in [0.717, 1.165) is 221 Å². The highest BCUT2D eigenvalue weighted by Crippen LogP contribution is 2.38. The van der Waals surface area contributed by atoms with Gasteiger partial charge in [0.25, 0.3) is 35.5 Å². The molecule has 8 fully saturated rings. The predicted octanol–water partition coefficient (Wildman–Crippen LogP) is 16.2. The van der Waals surface area contributed by atoms with Gasteiger partial charge in [-0.1, -0.05) is 24.3 Å². The third-order valence-corrected chi connectivity index (χ3v) is 28.3. The van der Waals surface area contributed by atoms with Gasteiger partial charge in [0.15, 0.2) is 22.8 Å². The number of halogens is 4. The lowest BCUT2D eigenvalue weighted by Crippen LogP contribution is -2.38. The van der Waals surface area contributed by atoms with Crippen molar-refractivity contribution in [3.05, 3.63) is 259 Å². The number of hydrogen-bond acceptors (Lipinski definition) is 28. The number of aliphatic hydroxyl groups is 1. The molecule has 4 amide bonds. The second-order valence-corrected chi connectivity index (χ2v) is 38.9. The van der Waals surface area contributed by atoms with Gasteiger partial charge in [0.2, 0.25) is 0 Å². The highest BCUT2D eigenvalue weighted by atomic mass is 19.3. The fourth-order valence-corrected chi connectivity index (χ4v) is 20.1. The summed E-state index contributed by atoms with van der Waals surface area (Å²) < 4.78 is 70.4. The monoisotopic (exact) mass is 2030 g/mol. The maximum atomic E-state index is 13.6. The largest absolute Gasteiger partial charge is 0.393 e. The fraction of sp³-hybridized carbons (Fsp3) is 0.345. The lowest BCUT2D eigenvalue weighted by molar-refractivity contribution is -0.0566. The van der Waals surface area contributed by atoms with Crippen LogP contribution in [-0.2, 0) is 33.8 Å². The number of aromatic amines is 4. The molecule has 0 unspecified atom stereocenters. The number of ether oxygens (including phenoxy) is 3. The number of carbonyl (C=O) groups excluding carboxylic acids is 4. The minimum atomic E-state index is -2.63. The van der Waals surface area contributed by atoms with Gasteiger partial charge in [-0.15, -0.1) is 0 Å². The quantitative estimate of drug-likeness (QED) is 0.0269. The number of pyridine rings is 8. The van der Waals surface area contributed by atoms with E-state index in [1.54, 1.807) is 54.5 Å². The summed E-state index contributed by atoms with van der Waals surface area (Å²) in [5.41, 5.74) is 18.3. The Kier molecular flexibility index (Phi) is 30.7. The molecule has 0 bridgehead atoms. The van der Waals surface area contributed by atoms with Crippen LogP contribution in [0.3, 0.4) is 0 Å². The summed E-state index contributed by atoms with van der Waals surface area (Å²) in [6.45, 7) is 17.5. The van der Waals surface area contributed by atoms with Crippen LogP contribution in [0.4, 0.5) is 69.3 Å². The number of rotatable bonds is 23. The number of piperidine rings is 3. The first-order valence-electron chi connectivity index (χ1n) is 51.1. The molecular formula is C110H116F4N28O8. The van der Waals surface area contributed by atoms with E-state index in [1.807, 2.05) is 163 Å². The van der Waals surface area contributed by atoms with Crippen LogP contribution in [0, 0.1) is 0 Å². The van der Waals surface area contributed by atoms with Gasteiger partial charge >= 0.3 is 0 Å². The number of benzene rings is 4. The zero-order chi connectivity index (χ0) is 102. The molecule has 40 heteroatoms. The van der Waals surface area contributed by atoms with E-state index in [1.165, 1.54) is 32.1 Å². The maximum absolute atomic E-state index is 13.6. The standard InChI is InChI=1S/C29H33N7O2.C28H29F2N7O2.C27H27F2N7O2.C26H27N7O2/c37-24-8-12-35(13-9-24)19-20-14-22(17-30-16-20)21-4-6-26-25(15-21)28(34-33-26)29(38)32-23-5-7-27(31-18-23)36-10-2-1-3-11-36;29-28(30)5-7-36(8-6-28)18-19-13-21(16-31-15-19)20-1-3-24-23(14-20)26(35-34-24)27(38)33-22-2-4-25(32-17-22)37-9-11-39-12-10-37;28-27(29)5-6-35(17-27)16-18-11-20(14-30-13-18)19-1-3-23-22(12-19)25(34-33-23)26(37)32-21-2-4-24(31-15-21)36-7-9-38-10-8-36;34-26(29-20-4-6-24(28-16-20)33-9-11-35-12-10-33)25-22-14-18(3-5-23(22)30-31-25)19-13-21(17-27-15-19)32-7-1-2-8-32/h4-7,14-18,24,37H,1-3,8-13,19H2,(H,32,38)(H,33,34);1-4,13-17H,5-12,18H2,(H,33,38)(H,34,35);1-4,11-15H,5-10,16-17H2,(H,32,37)(H,33,34);3-6,13-17H,1-2,7-12H2,(H,29,34)(H,30,31). The van der Waals surface area contributed by atoms with Crippen LogP contribution in [0.15, 0.2) is 220 Å². The second-order valence-electron chi connectivity index (χ2n) is 38.9. The molecule has 4 aromatic carbocycles. The molecule has 8 aliphatic heterocycles. The molecule has 0 spiro atoms. The van der Waals surface area contributed by atoms with E-state index in [2.05, 4.69) is 143 Å². The third kappa shape index (κ3) is 24.6. The van der Waals surface area contributed by atoms with Gasteiger partial charge in [0.1, 0.15) is 23.3 Å². The molecule has 16 aromatic rings. The summed E-state index contributed by atoms with van der Waals surface area (Å²) in [6, 6.07) is 46.7. The van der Waals surface area contributed by atoms with Gasteiger partial charge in [-0.2, -0.15) is 20.4 Å². The predicted molar refractivity (Wildman–Crippen MR) is 567 cm³/mol. The molecule has 12 aromatic heterocycles. The topological polar surface area (TPSA) is 408 Å². The number of hydrogen-bond donors (Lipinski definition) is 9. The number of amides is 4. The number of likely N-dealkylation sites (tertiary alicyclic amines) is 3. The number of nitrogens with zero attached hydrogens (tertiary/aromatic N) is 20. The van der Waals surface area contributed by atoms with E-state index < -0.39 is 11.8 Å². The Balaban J connectivity index is 0.000000117. The summed E-state index contributed by atoms with van der Waals surface area (Å²) >= 11 is 0. The number of alkyl halides is 4. The summed E-state index contributed by atoms with van der Waals surface area (Å²) in [5, 5.41) is 53.2. The molecular weight excluding hydrogens is 1920 g/mol. The first kappa shape index (κ1) is 100. The minimum absolute atomic E-state index is 0.115. The molecule has 0 radical (unpaired) electrons. The van der Waals surface area contributed by atoms with Crippen molar-refractivity contribution >= 4 is 119 Å². The van der Waals surface area contributed by atoms with E-state index in [4.69, 9.17) is 14.2 Å². The molecule has 9 N–H and O–H groups in total. The van der Waals surface area contributed by atoms with Crippen LogP contribution in [0.1, 0.15) is 123 Å². The number of anilines is 9. The van der Waals surface area contributed by atoms with E-state index >= 15 is 0 Å². The van der Waals surface area contributed by atoms with Gasteiger partial charge in [-0.25, -0.2) is 37.5 Å². The Morgan fingerprint density at radius 2 is 0.613 bits per heavy atom. The highest BCUT2D eigenvalue weighted by molar-refractivity contribution is 6.15. The average Bonchev–Trinajstić information content (AvgIpc) is 1.64. The molecule has 36 nitrogen and oxygen atoms in total. The highest BCUT2D eigenvalue weighted by Gasteiger charge is 2.39. The van der Waals surface area contributed by atoms with Gasteiger partial charge in [0, 0.05) is 224 Å². The minimum Gasteiger partial charge on any atom is -0.393 e. The SMILES string of the molecule is O=C(Nc1ccc(N2CCCCC2)nc1)c1n[nH]c2ccc(-c3cncc(CN4CCC(O)CC4)c3)cc12.O=C(Nc1ccc(N2CCOCC2)nc1)c1n[nH]c2ccc(-c3cncc(CN4CCC(F)(F)C4)c3)cc12.O=C(Nc1ccc(N2CCOCC2)nc1)c1n[nH]c2ccc(-c3cncc(CN4CCC(F)(F)CC4)c3)cc12.O=C(Nc1ccc(N2CCOCC2)nc1)c1n[nH]c2ccc(-c3cncc(N4CCCC4)c3)cc12. The van der Waals surface area contributed by atoms with Crippen molar-refractivity contribution in [3.8, 4) is 44.5 Å². The molecule has 0 aliphatic carbocycles. The zero-order valence-corrected chi connectivity index (χ0v) is 82.9. The van der Waals surface area contributed by atoms with E-state index in [0.29, 0.717) is 117 Å². The Hall–Kier alpha value is -15.7. The van der Waals surface area contributed by atoms with Crippen LogP contribution >= 0.6 is 0 Å². The van der Waals surface area contributed by atoms with Gasteiger partial charge in [-0.3, -0.25) is 74.2 Å². The van der Waals surface area contributed by atoms with Gasteiger partial charge in [-0.05, 0) is 205 Å². The first-order chi connectivity index (χ1) is 73.2. The van der Waals surface area contributed by atoms with Crippen LogP contribution in [0.5, 0.6) is 0 Å². The molecule has 0 saturated carbocycles. The van der Waals surface area contributed by atoms with Crippen LogP contribution in [0.25, 0.3) is 88.1 Å². The Morgan fingerprint density at radius 3 is 0.947 bits per heavy atom. The Labute approximate surface area is 861 Å².